The number of aryl methyl sites for hydroxylation is 1. The van der Waals surface area contributed by atoms with Gasteiger partial charge >= 0.3 is 0 Å². The second kappa shape index (κ2) is 17.4. The Hall–Kier alpha value is -2.16. The van der Waals surface area contributed by atoms with E-state index >= 15 is 0 Å². The lowest BCUT2D eigenvalue weighted by Crippen LogP contribution is -1.96. The first-order valence-electron chi connectivity index (χ1n) is 13.0. The van der Waals surface area contributed by atoms with Gasteiger partial charge in [0.1, 0.15) is 5.75 Å². The molecule has 2 aromatic rings. The summed E-state index contributed by atoms with van der Waals surface area (Å²) in [4.78, 5) is 9.15. The molecule has 3 heteroatoms. The number of aromatic nitrogens is 2. The van der Waals surface area contributed by atoms with E-state index in [1.165, 1.54) is 82.6 Å². The van der Waals surface area contributed by atoms with Gasteiger partial charge in [0.05, 0.1) is 6.61 Å². The van der Waals surface area contributed by atoms with Crippen LogP contribution in [0.2, 0.25) is 0 Å². The molecule has 1 heterocycles. The minimum Gasteiger partial charge on any atom is -0.493 e. The minimum atomic E-state index is 0.718. The fourth-order valence-electron chi connectivity index (χ4n) is 3.79. The van der Waals surface area contributed by atoms with Gasteiger partial charge in [0.25, 0.3) is 0 Å². The van der Waals surface area contributed by atoms with Crippen LogP contribution < -0.4 is 4.74 Å². The van der Waals surface area contributed by atoms with Crippen LogP contribution in [0.15, 0.2) is 48.8 Å². The lowest BCUT2D eigenvalue weighted by molar-refractivity contribution is 0.325. The number of hydrogen-bond acceptors (Lipinski definition) is 3. The zero-order valence-electron chi connectivity index (χ0n) is 20.5. The van der Waals surface area contributed by atoms with E-state index in [0.29, 0.717) is 0 Å². The first-order valence-corrected chi connectivity index (χ1v) is 13.0. The van der Waals surface area contributed by atoms with Crippen molar-refractivity contribution >= 4 is 0 Å². The summed E-state index contributed by atoms with van der Waals surface area (Å²) >= 11 is 0. The molecule has 32 heavy (non-hydrogen) atoms. The Morgan fingerprint density at radius 1 is 0.688 bits per heavy atom. The fourth-order valence-corrected chi connectivity index (χ4v) is 3.79. The topological polar surface area (TPSA) is 35.0 Å². The molecule has 0 aliphatic rings. The van der Waals surface area contributed by atoms with Gasteiger partial charge in [-0.25, -0.2) is 9.97 Å². The first-order chi connectivity index (χ1) is 15.8. The molecule has 1 aromatic carbocycles. The van der Waals surface area contributed by atoms with E-state index in [4.69, 9.17) is 4.74 Å². The van der Waals surface area contributed by atoms with Crippen LogP contribution in [0.1, 0.15) is 103 Å². The summed E-state index contributed by atoms with van der Waals surface area (Å²) < 4.78 is 5.86. The largest absolute Gasteiger partial charge is 0.493 e. The number of ether oxygens (including phenoxy) is 1. The zero-order valence-corrected chi connectivity index (χ0v) is 20.5. The average Bonchev–Trinajstić information content (AvgIpc) is 2.83. The number of nitrogens with zero attached hydrogens (tertiary/aromatic N) is 2. The Bertz CT molecular complexity index is 722. The van der Waals surface area contributed by atoms with Crippen LogP contribution in [0, 0.1) is 0 Å². The van der Waals surface area contributed by atoms with Crippen LogP contribution in [0.3, 0.4) is 0 Å². The third-order valence-electron chi connectivity index (χ3n) is 5.83. The SMILES string of the molecule is CCCCCCC/C=C\CCOc1ccc(-c2ncc(CCCCCCCC)cn2)cc1. The van der Waals surface area contributed by atoms with Crippen molar-refractivity contribution < 1.29 is 4.74 Å². The lowest BCUT2D eigenvalue weighted by atomic mass is 10.1. The molecule has 0 atom stereocenters. The standard InChI is InChI=1S/C29H44N2O/c1-3-5-7-9-11-12-13-15-17-23-32-28-21-19-27(20-22-28)29-30-24-26(25-31-29)18-16-14-10-8-6-4-2/h13,15,19-22,24-25H,3-12,14,16-18,23H2,1-2H3/b15-13-. The predicted molar refractivity (Wildman–Crippen MR) is 137 cm³/mol. The van der Waals surface area contributed by atoms with E-state index in [-0.39, 0.29) is 0 Å². The monoisotopic (exact) mass is 436 g/mol. The molecular weight excluding hydrogens is 392 g/mol. The van der Waals surface area contributed by atoms with Crippen molar-refractivity contribution in [1.29, 1.82) is 0 Å². The third-order valence-corrected chi connectivity index (χ3v) is 5.83. The van der Waals surface area contributed by atoms with Crippen LogP contribution >= 0.6 is 0 Å². The second-order valence-corrected chi connectivity index (χ2v) is 8.77. The van der Waals surface area contributed by atoms with E-state index in [2.05, 4.69) is 36.0 Å². The number of rotatable bonds is 18. The number of benzene rings is 1. The summed E-state index contributed by atoms with van der Waals surface area (Å²) in [6.07, 6.45) is 26.3. The molecule has 176 valence electrons. The van der Waals surface area contributed by atoms with Crippen LogP contribution in [-0.4, -0.2) is 16.6 Å². The van der Waals surface area contributed by atoms with Crippen LogP contribution in [0.5, 0.6) is 5.75 Å². The molecule has 2 rings (SSSR count). The number of hydrogen-bond donors (Lipinski definition) is 0. The van der Waals surface area contributed by atoms with Crippen molar-refractivity contribution in [2.24, 2.45) is 0 Å². The van der Waals surface area contributed by atoms with Crippen molar-refractivity contribution in [2.75, 3.05) is 6.61 Å². The molecule has 0 unspecified atom stereocenters. The average molecular weight is 437 g/mol. The summed E-state index contributed by atoms with van der Waals surface area (Å²) in [6, 6.07) is 8.12. The Balaban J connectivity index is 1.63. The van der Waals surface area contributed by atoms with Crippen LogP contribution in [-0.2, 0) is 6.42 Å². The Morgan fingerprint density at radius 3 is 1.97 bits per heavy atom. The van der Waals surface area contributed by atoms with Crippen molar-refractivity contribution in [3.8, 4) is 17.1 Å². The first kappa shape index (κ1) is 26.1. The molecule has 1 aromatic heterocycles. The maximum Gasteiger partial charge on any atom is 0.159 e. The molecule has 0 radical (unpaired) electrons. The molecule has 0 aliphatic heterocycles. The smallest absolute Gasteiger partial charge is 0.159 e. The highest BCUT2D eigenvalue weighted by Gasteiger charge is 2.03. The molecule has 3 nitrogen and oxygen atoms in total. The van der Waals surface area contributed by atoms with Gasteiger partial charge in [-0.3, -0.25) is 0 Å². The van der Waals surface area contributed by atoms with E-state index < -0.39 is 0 Å². The summed E-state index contributed by atoms with van der Waals surface area (Å²) in [5, 5.41) is 0. The summed E-state index contributed by atoms with van der Waals surface area (Å²) in [5.74, 6) is 1.69. The molecule has 0 spiro atoms. The van der Waals surface area contributed by atoms with Gasteiger partial charge in [-0.05, 0) is 61.9 Å². The highest BCUT2D eigenvalue weighted by Crippen LogP contribution is 2.20. The lowest BCUT2D eigenvalue weighted by Gasteiger charge is -2.06. The van der Waals surface area contributed by atoms with Gasteiger partial charge in [-0.1, -0.05) is 83.8 Å². The Kier molecular flexibility index (Phi) is 14.2. The summed E-state index contributed by atoms with van der Waals surface area (Å²) in [7, 11) is 0. The normalized spacial score (nSPS) is 11.3. The Labute approximate surface area is 196 Å². The third kappa shape index (κ3) is 11.5. The molecule has 0 saturated heterocycles. The van der Waals surface area contributed by atoms with Gasteiger partial charge in [-0.2, -0.15) is 0 Å². The fraction of sp³-hybridized carbons (Fsp3) is 0.586. The number of unbranched alkanes of at least 4 members (excludes halogenated alkanes) is 10. The van der Waals surface area contributed by atoms with E-state index in [1.54, 1.807) is 0 Å². The highest BCUT2D eigenvalue weighted by molar-refractivity contribution is 5.55. The minimum absolute atomic E-state index is 0.718. The molecule has 0 saturated carbocycles. The van der Waals surface area contributed by atoms with Crippen molar-refractivity contribution in [3.63, 3.8) is 0 Å². The van der Waals surface area contributed by atoms with E-state index in [1.807, 2.05) is 36.7 Å². The highest BCUT2D eigenvalue weighted by atomic mass is 16.5. The van der Waals surface area contributed by atoms with Crippen LogP contribution in [0.4, 0.5) is 0 Å². The maximum absolute atomic E-state index is 5.86. The van der Waals surface area contributed by atoms with Gasteiger partial charge in [0.2, 0.25) is 0 Å². The van der Waals surface area contributed by atoms with Gasteiger partial charge in [0.15, 0.2) is 5.82 Å². The van der Waals surface area contributed by atoms with Gasteiger partial charge in [0, 0.05) is 18.0 Å². The van der Waals surface area contributed by atoms with Gasteiger partial charge < -0.3 is 4.74 Å². The van der Waals surface area contributed by atoms with Crippen molar-refractivity contribution in [2.45, 2.75) is 104 Å². The molecule has 0 amide bonds. The Morgan fingerprint density at radius 2 is 1.28 bits per heavy atom. The molecule has 0 aliphatic carbocycles. The molecule has 0 N–H and O–H groups in total. The predicted octanol–water partition coefficient (Wildman–Crippen LogP) is 8.73. The molecule has 0 fully saturated rings. The van der Waals surface area contributed by atoms with Gasteiger partial charge in [-0.15, -0.1) is 0 Å². The molecule has 0 bridgehead atoms. The summed E-state index contributed by atoms with van der Waals surface area (Å²) in [5.41, 5.74) is 2.27. The van der Waals surface area contributed by atoms with Crippen molar-refractivity contribution in [1.82, 2.24) is 9.97 Å². The van der Waals surface area contributed by atoms with Crippen molar-refractivity contribution in [3.05, 3.63) is 54.4 Å². The molecular formula is C29H44N2O. The zero-order chi connectivity index (χ0) is 22.7. The van der Waals surface area contributed by atoms with Crippen LogP contribution in [0.25, 0.3) is 11.4 Å². The maximum atomic E-state index is 5.86. The quantitative estimate of drug-likeness (QED) is 0.173. The van der Waals surface area contributed by atoms with E-state index in [0.717, 1.165) is 36.6 Å². The number of allylic oxidation sites excluding steroid dienone is 1. The second-order valence-electron chi connectivity index (χ2n) is 8.77. The summed E-state index contributed by atoms with van der Waals surface area (Å²) in [6.45, 7) is 5.24. The van der Waals surface area contributed by atoms with E-state index in [9.17, 15) is 0 Å².